The Morgan fingerprint density at radius 2 is 2.23 bits per heavy atom. The molecule has 0 aliphatic carbocycles. The molecule has 3 heterocycles. The average molecular weight is 302 g/mol. The summed E-state index contributed by atoms with van der Waals surface area (Å²) in [5.41, 5.74) is 4.06. The number of nitrogens with zero attached hydrogens (tertiary/aromatic N) is 2. The number of hydrogen-bond acceptors (Lipinski definition) is 4. The molecule has 4 nitrogen and oxygen atoms in total. The van der Waals surface area contributed by atoms with E-state index in [9.17, 15) is 0 Å². The second-order valence-electron chi connectivity index (χ2n) is 6.28. The van der Waals surface area contributed by atoms with Crippen molar-refractivity contribution >= 4 is 0 Å². The fraction of sp³-hybridized carbons (Fsp3) is 0.611. The number of aromatic nitrogens is 1. The van der Waals surface area contributed by atoms with E-state index in [1.54, 1.807) is 6.08 Å². The van der Waals surface area contributed by atoms with Crippen LogP contribution in [0.5, 0.6) is 0 Å². The molecule has 1 aromatic heterocycles. The second kappa shape index (κ2) is 7.86. The van der Waals surface area contributed by atoms with Crippen LogP contribution in [-0.2, 0) is 29.0 Å². The van der Waals surface area contributed by atoms with Crippen LogP contribution in [0, 0.1) is 5.92 Å². The van der Waals surface area contributed by atoms with Crippen molar-refractivity contribution in [2.45, 2.75) is 32.4 Å². The van der Waals surface area contributed by atoms with Gasteiger partial charge in [0.15, 0.2) is 0 Å². The first-order valence-electron chi connectivity index (χ1n) is 8.30. The maximum atomic E-state index is 5.60. The Kier molecular flexibility index (Phi) is 5.59. The summed E-state index contributed by atoms with van der Waals surface area (Å²) in [5, 5.41) is 0. The lowest BCUT2D eigenvalue weighted by Gasteiger charge is -2.33. The molecule has 0 amide bonds. The molecule has 0 unspecified atom stereocenters. The van der Waals surface area contributed by atoms with E-state index in [-0.39, 0.29) is 0 Å². The van der Waals surface area contributed by atoms with E-state index in [1.807, 2.05) is 12.4 Å². The first kappa shape index (κ1) is 15.7. The van der Waals surface area contributed by atoms with Gasteiger partial charge in [-0.25, -0.2) is 0 Å². The van der Waals surface area contributed by atoms with E-state index < -0.39 is 0 Å². The smallest absolute Gasteiger partial charge is 0.0738 e. The third-order valence-electron chi connectivity index (χ3n) is 4.66. The molecular weight excluding hydrogens is 276 g/mol. The van der Waals surface area contributed by atoms with Gasteiger partial charge < -0.3 is 9.47 Å². The monoisotopic (exact) mass is 302 g/mol. The minimum atomic E-state index is 0.597. The predicted molar refractivity (Wildman–Crippen MR) is 86.6 cm³/mol. The Balaban J connectivity index is 1.60. The Morgan fingerprint density at radius 3 is 3.05 bits per heavy atom. The molecule has 2 aliphatic rings. The Morgan fingerprint density at radius 1 is 1.36 bits per heavy atom. The van der Waals surface area contributed by atoms with E-state index in [4.69, 9.17) is 9.47 Å². The second-order valence-corrected chi connectivity index (χ2v) is 6.28. The van der Waals surface area contributed by atoms with Crippen molar-refractivity contribution in [2.24, 2.45) is 5.92 Å². The van der Waals surface area contributed by atoms with Crippen molar-refractivity contribution in [3.05, 3.63) is 41.7 Å². The molecule has 1 fully saturated rings. The first-order chi connectivity index (χ1) is 10.9. The van der Waals surface area contributed by atoms with Crippen LogP contribution < -0.4 is 0 Å². The van der Waals surface area contributed by atoms with E-state index in [2.05, 4.69) is 16.5 Å². The zero-order valence-electron chi connectivity index (χ0n) is 13.3. The molecule has 0 radical (unpaired) electrons. The normalized spacial score (nSPS) is 19.8. The molecule has 1 saturated heterocycles. The minimum Gasteiger partial charge on any atom is -0.381 e. The molecular formula is C18H26N2O2. The van der Waals surface area contributed by atoms with Crippen LogP contribution in [0.2, 0.25) is 0 Å². The van der Waals surface area contributed by atoms with Crippen LogP contribution in [0.1, 0.15) is 29.5 Å². The fourth-order valence-corrected chi connectivity index (χ4v) is 3.45. The highest BCUT2D eigenvalue weighted by molar-refractivity contribution is 5.33. The van der Waals surface area contributed by atoms with Gasteiger partial charge >= 0.3 is 0 Å². The van der Waals surface area contributed by atoms with Gasteiger partial charge in [-0.05, 0) is 41.9 Å². The molecule has 0 N–H and O–H groups in total. The zero-order chi connectivity index (χ0) is 15.2. The third-order valence-corrected chi connectivity index (χ3v) is 4.66. The SMILES string of the molecule is C=CCOCc1cncc2c1CCN(CC1CCOCC1)C2. The lowest BCUT2D eigenvalue weighted by Crippen LogP contribution is -2.36. The van der Waals surface area contributed by atoms with Gasteiger partial charge in [0.25, 0.3) is 0 Å². The molecule has 0 saturated carbocycles. The van der Waals surface area contributed by atoms with Gasteiger partial charge in [-0.3, -0.25) is 9.88 Å². The van der Waals surface area contributed by atoms with Gasteiger partial charge in [0, 0.05) is 45.2 Å². The van der Waals surface area contributed by atoms with Crippen molar-refractivity contribution in [2.75, 3.05) is 32.9 Å². The molecule has 0 bridgehead atoms. The molecule has 0 spiro atoms. The zero-order valence-corrected chi connectivity index (χ0v) is 13.3. The third kappa shape index (κ3) is 3.94. The summed E-state index contributed by atoms with van der Waals surface area (Å²) in [7, 11) is 0. The molecule has 0 aromatic carbocycles. The fourth-order valence-electron chi connectivity index (χ4n) is 3.45. The maximum Gasteiger partial charge on any atom is 0.0738 e. The van der Waals surface area contributed by atoms with E-state index in [0.29, 0.717) is 13.2 Å². The van der Waals surface area contributed by atoms with Gasteiger partial charge in [0.1, 0.15) is 0 Å². The topological polar surface area (TPSA) is 34.6 Å². The summed E-state index contributed by atoms with van der Waals surface area (Å²) in [6.07, 6.45) is 9.29. The van der Waals surface area contributed by atoms with Crippen LogP contribution in [0.15, 0.2) is 25.0 Å². The van der Waals surface area contributed by atoms with Gasteiger partial charge in [0.2, 0.25) is 0 Å². The Hall–Kier alpha value is -1.23. The lowest BCUT2D eigenvalue weighted by molar-refractivity contribution is 0.0505. The van der Waals surface area contributed by atoms with Crippen molar-refractivity contribution in [3.63, 3.8) is 0 Å². The largest absolute Gasteiger partial charge is 0.381 e. The quantitative estimate of drug-likeness (QED) is 0.597. The van der Waals surface area contributed by atoms with Gasteiger partial charge in [-0.1, -0.05) is 6.08 Å². The molecule has 4 heteroatoms. The molecule has 2 aliphatic heterocycles. The summed E-state index contributed by atoms with van der Waals surface area (Å²) in [6, 6.07) is 0. The Bertz CT molecular complexity index is 498. The summed E-state index contributed by atoms with van der Waals surface area (Å²) < 4.78 is 11.1. The molecule has 22 heavy (non-hydrogen) atoms. The maximum absolute atomic E-state index is 5.60. The van der Waals surface area contributed by atoms with Crippen molar-refractivity contribution in [3.8, 4) is 0 Å². The minimum absolute atomic E-state index is 0.597. The standard InChI is InChI=1S/C18H26N2O2/c1-2-7-22-14-17-11-19-10-16-13-20(6-3-18(16)17)12-15-4-8-21-9-5-15/h2,10-11,15H,1,3-9,12-14H2. The van der Waals surface area contributed by atoms with Crippen LogP contribution in [0.25, 0.3) is 0 Å². The highest BCUT2D eigenvalue weighted by Crippen LogP contribution is 2.24. The van der Waals surface area contributed by atoms with Crippen molar-refractivity contribution in [1.82, 2.24) is 9.88 Å². The molecule has 3 rings (SSSR count). The molecule has 1 aromatic rings. The first-order valence-corrected chi connectivity index (χ1v) is 8.30. The number of fused-ring (bicyclic) bond motifs is 1. The van der Waals surface area contributed by atoms with Crippen LogP contribution in [-0.4, -0.2) is 42.8 Å². The summed E-state index contributed by atoms with van der Waals surface area (Å²) in [5.74, 6) is 0.794. The number of rotatable bonds is 6. The highest BCUT2D eigenvalue weighted by atomic mass is 16.5. The van der Waals surface area contributed by atoms with Crippen molar-refractivity contribution < 1.29 is 9.47 Å². The number of ether oxygens (including phenoxy) is 2. The highest BCUT2D eigenvalue weighted by Gasteiger charge is 2.23. The lowest BCUT2D eigenvalue weighted by atomic mass is 9.94. The van der Waals surface area contributed by atoms with E-state index in [1.165, 1.54) is 36.1 Å². The number of hydrogen-bond donors (Lipinski definition) is 0. The molecule has 0 atom stereocenters. The summed E-state index contributed by atoms with van der Waals surface area (Å²) in [4.78, 5) is 6.98. The van der Waals surface area contributed by atoms with Crippen molar-refractivity contribution in [1.29, 1.82) is 0 Å². The number of pyridine rings is 1. The van der Waals surface area contributed by atoms with Gasteiger partial charge in [-0.15, -0.1) is 6.58 Å². The van der Waals surface area contributed by atoms with E-state index in [0.717, 1.165) is 38.6 Å². The van der Waals surface area contributed by atoms with E-state index >= 15 is 0 Å². The summed E-state index contributed by atoms with van der Waals surface area (Å²) >= 11 is 0. The van der Waals surface area contributed by atoms with Crippen LogP contribution in [0.3, 0.4) is 0 Å². The average Bonchev–Trinajstić information content (AvgIpc) is 2.56. The Labute approximate surface area is 133 Å². The van der Waals surface area contributed by atoms with Gasteiger partial charge in [-0.2, -0.15) is 0 Å². The summed E-state index contributed by atoms with van der Waals surface area (Å²) in [6.45, 7) is 10.1. The molecule has 120 valence electrons. The van der Waals surface area contributed by atoms with Gasteiger partial charge in [0.05, 0.1) is 13.2 Å². The van der Waals surface area contributed by atoms with Crippen LogP contribution >= 0.6 is 0 Å². The predicted octanol–water partition coefficient (Wildman–Crippen LogP) is 2.57. The van der Waals surface area contributed by atoms with Crippen LogP contribution in [0.4, 0.5) is 0 Å².